The molecule has 0 atom stereocenters. The maximum absolute atomic E-state index is 7.00. The summed E-state index contributed by atoms with van der Waals surface area (Å²) in [5.74, 6) is 0. The van der Waals surface area contributed by atoms with Gasteiger partial charge in [-0.2, -0.15) is 0 Å². The van der Waals surface area contributed by atoms with Crippen molar-refractivity contribution in [2.45, 2.75) is 0 Å². The van der Waals surface area contributed by atoms with E-state index in [0.717, 1.165) is 21.3 Å². The van der Waals surface area contributed by atoms with E-state index in [4.69, 9.17) is 15.3 Å². The summed E-state index contributed by atoms with van der Waals surface area (Å²) < 4.78 is 0. The summed E-state index contributed by atoms with van der Waals surface area (Å²) >= 11 is 1.82. The van der Waals surface area contributed by atoms with Crippen LogP contribution in [0.3, 0.4) is 0 Å². The number of hydrogen-bond donors (Lipinski definition) is 3. The first-order chi connectivity index (χ1) is 4.00. The van der Waals surface area contributed by atoms with E-state index >= 15 is 0 Å². The molecular weight excluding hydrogens is 221 g/mol. The summed E-state index contributed by atoms with van der Waals surface area (Å²) in [5, 5.41) is 21.0. The van der Waals surface area contributed by atoms with E-state index < -0.39 is 0 Å². The molecule has 0 radical (unpaired) electrons. The van der Waals surface area contributed by atoms with Crippen LogP contribution in [-0.2, 0) is 17.3 Å². The minimum absolute atomic E-state index is 1.00. The van der Waals surface area contributed by atoms with Crippen LogP contribution in [0.15, 0.2) is 0 Å². The first-order valence-electron chi connectivity index (χ1n) is 1.48. The van der Waals surface area contributed by atoms with Gasteiger partial charge in [0.25, 0.3) is 0 Å². The molecule has 0 saturated heterocycles. The summed E-state index contributed by atoms with van der Waals surface area (Å²) in [7, 11) is 7.57. The van der Waals surface area contributed by atoms with E-state index in [9.17, 15) is 0 Å². The Labute approximate surface area is 64.0 Å². The average molecular weight is 233 g/mol. The summed E-state index contributed by atoms with van der Waals surface area (Å²) in [5.41, 5.74) is 0. The zero-order valence-electron chi connectivity index (χ0n) is 5.07. The van der Waals surface area contributed by atoms with Crippen molar-refractivity contribution in [2.24, 2.45) is 0 Å². The van der Waals surface area contributed by atoms with Crippen molar-refractivity contribution in [3.63, 3.8) is 0 Å². The van der Waals surface area contributed by atoms with Crippen LogP contribution in [0.1, 0.15) is 0 Å². The monoisotopic (exact) mass is 233 g/mol. The Morgan fingerprint density at radius 3 is 0.750 bits per heavy atom. The molecule has 0 aromatic heterocycles. The van der Waals surface area contributed by atoms with Gasteiger partial charge in [0.15, 0.2) is 0 Å². The molecule has 0 rings (SSSR count). The second-order valence-corrected chi connectivity index (χ2v) is 0. The Morgan fingerprint density at radius 2 is 0.750 bits per heavy atom. The first kappa shape index (κ1) is 23.2. The van der Waals surface area contributed by atoms with E-state index in [1.807, 2.05) is 17.3 Å². The van der Waals surface area contributed by atoms with Crippen molar-refractivity contribution in [3.8, 4) is 0 Å². The Bertz CT molecular complexity index is 14.5. The summed E-state index contributed by atoms with van der Waals surface area (Å²) in [6.45, 7) is 0. The van der Waals surface area contributed by atoms with E-state index in [2.05, 4.69) is 9.69 Å². The third kappa shape index (κ3) is 362. The SMILES string of the molecule is CO.CO.CO.[Cl][Ru]. The topological polar surface area (TPSA) is 60.7 Å². The number of halogens is 1. The van der Waals surface area contributed by atoms with E-state index in [0.29, 0.717) is 0 Å². The minimum atomic E-state index is 1.00. The maximum atomic E-state index is 7.00. The number of aliphatic hydroxyl groups excluding tert-OH is 3. The van der Waals surface area contributed by atoms with Crippen LogP contribution in [0, 0.1) is 0 Å². The summed E-state index contributed by atoms with van der Waals surface area (Å²) in [4.78, 5) is 0. The normalized spacial score (nSPS) is 3.00. The van der Waals surface area contributed by atoms with Gasteiger partial charge in [-0.05, 0) is 0 Å². The molecular formula is C3H12ClO3Ru. The van der Waals surface area contributed by atoms with E-state index in [-0.39, 0.29) is 0 Å². The van der Waals surface area contributed by atoms with Crippen LogP contribution in [0.2, 0.25) is 0 Å². The molecule has 0 aliphatic rings. The van der Waals surface area contributed by atoms with Gasteiger partial charge in [-0.25, -0.2) is 0 Å². The van der Waals surface area contributed by atoms with Gasteiger partial charge >= 0.3 is 27.0 Å². The third-order valence-electron chi connectivity index (χ3n) is 0. The van der Waals surface area contributed by atoms with Gasteiger partial charge < -0.3 is 15.3 Å². The number of rotatable bonds is 0. The van der Waals surface area contributed by atoms with E-state index in [1.54, 1.807) is 0 Å². The second kappa shape index (κ2) is 571. The fourth-order valence-corrected chi connectivity index (χ4v) is 0. The van der Waals surface area contributed by atoms with Crippen LogP contribution < -0.4 is 0 Å². The second-order valence-electron chi connectivity index (χ2n) is 0. The molecule has 0 amide bonds. The molecule has 0 heterocycles. The van der Waals surface area contributed by atoms with Crippen LogP contribution in [0.25, 0.3) is 0 Å². The number of aliphatic hydroxyl groups is 3. The Hall–Kier alpha value is 0.793. The molecule has 0 aliphatic heterocycles. The molecule has 0 aliphatic carbocycles. The fraction of sp³-hybridized carbons (Fsp3) is 1.00. The van der Waals surface area contributed by atoms with Gasteiger partial charge in [0.05, 0.1) is 0 Å². The fourth-order valence-electron chi connectivity index (χ4n) is 0. The average Bonchev–Trinajstić information content (AvgIpc) is 2.03. The Kier molecular flexibility index (Phi) is 1660. The van der Waals surface area contributed by atoms with Crippen molar-refractivity contribution in [3.05, 3.63) is 0 Å². The molecule has 57 valence electrons. The molecule has 3 nitrogen and oxygen atoms in total. The van der Waals surface area contributed by atoms with Crippen LogP contribution >= 0.6 is 9.69 Å². The van der Waals surface area contributed by atoms with Crippen molar-refractivity contribution in [2.75, 3.05) is 21.3 Å². The van der Waals surface area contributed by atoms with Crippen LogP contribution in [0.5, 0.6) is 0 Å². The van der Waals surface area contributed by atoms with Gasteiger partial charge in [0, 0.05) is 21.3 Å². The predicted octanol–water partition coefficient (Wildman–Crippen LogP) is -0.488. The zero-order chi connectivity index (χ0) is 8.00. The van der Waals surface area contributed by atoms with Gasteiger partial charge in [0.1, 0.15) is 0 Å². The molecule has 8 heavy (non-hydrogen) atoms. The predicted molar refractivity (Wildman–Crippen MR) is 30.3 cm³/mol. The summed E-state index contributed by atoms with van der Waals surface area (Å²) in [6, 6.07) is 0. The standard InChI is InChI=1S/3CH4O.ClH.Ru/c3*1-2;;/h3*2H,1H3;1H;/q;;;;+1/p-1. The van der Waals surface area contributed by atoms with Gasteiger partial charge in [0.2, 0.25) is 0 Å². The van der Waals surface area contributed by atoms with Crippen LogP contribution in [-0.4, -0.2) is 36.6 Å². The van der Waals surface area contributed by atoms with Crippen molar-refractivity contribution in [1.82, 2.24) is 0 Å². The first-order valence-corrected chi connectivity index (χ1v) is 3.71. The molecule has 3 N–H and O–H groups in total. The van der Waals surface area contributed by atoms with Gasteiger partial charge in [-0.1, -0.05) is 0 Å². The molecule has 0 spiro atoms. The third-order valence-corrected chi connectivity index (χ3v) is 0. The van der Waals surface area contributed by atoms with E-state index in [1.165, 1.54) is 0 Å². The quantitative estimate of drug-likeness (QED) is 0.494. The Balaban J connectivity index is -0.0000000133. The summed E-state index contributed by atoms with van der Waals surface area (Å²) in [6.07, 6.45) is 0. The zero-order valence-corrected chi connectivity index (χ0v) is 7.57. The van der Waals surface area contributed by atoms with Gasteiger partial charge in [-0.15, -0.1) is 0 Å². The number of hydrogen-bond acceptors (Lipinski definition) is 3. The molecule has 5 heteroatoms. The molecule has 0 fully saturated rings. The van der Waals surface area contributed by atoms with Crippen LogP contribution in [0.4, 0.5) is 0 Å². The Morgan fingerprint density at radius 1 is 0.750 bits per heavy atom. The van der Waals surface area contributed by atoms with Crippen molar-refractivity contribution < 1.29 is 32.6 Å². The molecule has 0 saturated carbocycles. The molecule has 0 aromatic rings. The van der Waals surface area contributed by atoms with Gasteiger partial charge in [-0.3, -0.25) is 0 Å². The molecule has 0 aromatic carbocycles. The van der Waals surface area contributed by atoms with Crippen molar-refractivity contribution >= 4 is 9.69 Å². The molecule has 0 unspecified atom stereocenters. The molecule has 0 bridgehead atoms. The van der Waals surface area contributed by atoms with Crippen molar-refractivity contribution in [1.29, 1.82) is 0 Å².